The molecule has 0 amide bonds. The fourth-order valence-electron chi connectivity index (χ4n) is 3.30. The summed E-state index contributed by atoms with van der Waals surface area (Å²) >= 11 is 1.49. The Morgan fingerprint density at radius 2 is 1.62 bits per heavy atom. The first kappa shape index (κ1) is 21.5. The zero-order valence-electron chi connectivity index (χ0n) is 18.0. The van der Waals surface area contributed by atoms with Crippen LogP contribution in [0.15, 0.2) is 84.2 Å². The van der Waals surface area contributed by atoms with Gasteiger partial charge in [-0.3, -0.25) is 0 Å². The molecule has 3 aromatic carbocycles. The third-order valence-electron chi connectivity index (χ3n) is 5.10. The second kappa shape index (κ2) is 10.6. The molecule has 4 rings (SSSR count). The van der Waals surface area contributed by atoms with E-state index in [-0.39, 0.29) is 0 Å². The molecule has 4 aromatic rings. The summed E-state index contributed by atoms with van der Waals surface area (Å²) in [6, 6.07) is 28.8. The largest absolute Gasteiger partial charge is 0.494 e. The van der Waals surface area contributed by atoms with Gasteiger partial charge in [-0.05, 0) is 41.3 Å². The van der Waals surface area contributed by atoms with E-state index in [0.29, 0.717) is 5.57 Å². The Labute approximate surface area is 193 Å². The van der Waals surface area contributed by atoms with Crippen molar-refractivity contribution in [3.8, 4) is 34.2 Å². The molecule has 32 heavy (non-hydrogen) atoms. The molecule has 158 valence electrons. The van der Waals surface area contributed by atoms with Gasteiger partial charge in [-0.15, -0.1) is 11.3 Å². The third-order valence-corrected chi connectivity index (χ3v) is 5.98. The van der Waals surface area contributed by atoms with Gasteiger partial charge in [-0.2, -0.15) is 5.26 Å². The van der Waals surface area contributed by atoms with Gasteiger partial charge in [0.15, 0.2) is 0 Å². The maximum Gasteiger partial charge on any atom is 0.134 e. The predicted molar refractivity (Wildman–Crippen MR) is 133 cm³/mol. The number of ether oxygens (including phenoxy) is 1. The minimum absolute atomic E-state index is 0.557. The smallest absolute Gasteiger partial charge is 0.134 e. The minimum Gasteiger partial charge on any atom is -0.494 e. The summed E-state index contributed by atoms with van der Waals surface area (Å²) in [5.41, 5.74) is 5.79. The van der Waals surface area contributed by atoms with Crippen LogP contribution in [0.5, 0.6) is 5.75 Å². The molecule has 4 heteroatoms. The molecule has 0 aliphatic rings. The van der Waals surface area contributed by atoms with Crippen molar-refractivity contribution < 1.29 is 4.74 Å². The number of hydrogen-bond acceptors (Lipinski definition) is 4. The van der Waals surface area contributed by atoms with Gasteiger partial charge in [-0.25, -0.2) is 4.98 Å². The summed E-state index contributed by atoms with van der Waals surface area (Å²) in [5.74, 6) is 0.851. The molecule has 1 heterocycles. The van der Waals surface area contributed by atoms with Crippen molar-refractivity contribution in [3.05, 3.63) is 94.8 Å². The Morgan fingerprint density at radius 1 is 0.938 bits per heavy atom. The normalized spacial score (nSPS) is 11.2. The lowest BCUT2D eigenvalue weighted by Gasteiger charge is -2.05. The quantitative estimate of drug-likeness (QED) is 0.210. The molecule has 0 aliphatic carbocycles. The number of allylic oxidation sites excluding steroid dienone is 1. The maximum absolute atomic E-state index is 9.70. The Balaban J connectivity index is 1.49. The van der Waals surface area contributed by atoms with E-state index in [1.165, 1.54) is 22.5 Å². The molecule has 3 nitrogen and oxygen atoms in total. The van der Waals surface area contributed by atoms with E-state index >= 15 is 0 Å². The van der Waals surface area contributed by atoms with Crippen molar-refractivity contribution in [1.82, 2.24) is 4.98 Å². The van der Waals surface area contributed by atoms with Crippen LogP contribution in [0.2, 0.25) is 0 Å². The van der Waals surface area contributed by atoms with E-state index in [1.807, 2.05) is 53.9 Å². The number of hydrogen-bond donors (Lipinski definition) is 0. The summed E-state index contributed by atoms with van der Waals surface area (Å²) in [6.45, 7) is 2.87. The van der Waals surface area contributed by atoms with Gasteiger partial charge in [0.25, 0.3) is 0 Å². The topological polar surface area (TPSA) is 45.9 Å². The first-order valence-corrected chi connectivity index (χ1v) is 11.6. The van der Waals surface area contributed by atoms with Crippen LogP contribution in [-0.4, -0.2) is 11.6 Å². The van der Waals surface area contributed by atoms with E-state index in [4.69, 9.17) is 9.72 Å². The average molecular weight is 437 g/mol. The number of benzene rings is 3. The molecule has 0 saturated carbocycles. The first-order valence-electron chi connectivity index (χ1n) is 10.7. The zero-order valence-corrected chi connectivity index (χ0v) is 18.8. The number of aromatic nitrogens is 1. The Hall–Kier alpha value is -3.68. The van der Waals surface area contributed by atoms with Crippen LogP contribution < -0.4 is 4.74 Å². The minimum atomic E-state index is 0.557. The van der Waals surface area contributed by atoms with Crippen LogP contribution in [-0.2, 0) is 0 Å². The first-order chi connectivity index (χ1) is 15.8. The standard InChI is InChI=1S/C28H24N2OS/c1-2-3-17-31-26-15-9-21(10-16-26)18-25(19-29)28-30-27(20-32-28)24-13-11-23(12-14-24)22-7-5-4-6-8-22/h4-16,18,20H,2-3,17H2,1H3/b25-18-. The van der Waals surface area contributed by atoms with Crippen molar-refractivity contribution in [2.75, 3.05) is 6.61 Å². The van der Waals surface area contributed by atoms with Gasteiger partial charge in [0.2, 0.25) is 0 Å². The van der Waals surface area contributed by atoms with Crippen LogP contribution in [0.1, 0.15) is 30.3 Å². The number of thiazole rings is 1. The van der Waals surface area contributed by atoms with Gasteiger partial charge in [0.1, 0.15) is 16.8 Å². The molecule has 0 radical (unpaired) electrons. The van der Waals surface area contributed by atoms with Crippen LogP contribution in [0.25, 0.3) is 34.0 Å². The van der Waals surface area contributed by atoms with E-state index in [9.17, 15) is 5.26 Å². The highest BCUT2D eigenvalue weighted by atomic mass is 32.1. The molecule has 1 aromatic heterocycles. The maximum atomic E-state index is 9.70. The molecule has 0 fully saturated rings. The number of nitriles is 1. The second-order valence-corrected chi connectivity index (χ2v) is 8.28. The lowest BCUT2D eigenvalue weighted by atomic mass is 10.0. The summed E-state index contributed by atoms with van der Waals surface area (Å²) in [6.07, 6.45) is 4.03. The molecule has 0 atom stereocenters. The third kappa shape index (κ3) is 5.32. The Kier molecular flexibility index (Phi) is 7.12. The van der Waals surface area contributed by atoms with Crippen molar-refractivity contribution in [2.45, 2.75) is 19.8 Å². The highest BCUT2D eigenvalue weighted by molar-refractivity contribution is 7.11. The summed E-state index contributed by atoms with van der Waals surface area (Å²) < 4.78 is 5.71. The van der Waals surface area contributed by atoms with Crippen LogP contribution in [0, 0.1) is 11.3 Å². The monoisotopic (exact) mass is 436 g/mol. The van der Waals surface area contributed by atoms with Crippen LogP contribution in [0.4, 0.5) is 0 Å². The van der Waals surface area contributed by atoms with Gasteiger partial charge < -0.3 is 4.74 Å². The highest BCUT2D eigenvalue weighted by Crippen LogP contribution is 2.29. The van der Waals surface area contributed by atoms with Crippen molar-refractivity contribution in [3.63, 3.8) is 0 Å². The number of nitrogens with zero attached hydrogens (tertiary/aromatic N) is 2. The lowest BCUT2D eigenvalue weighted by molar-refractivity contribution is 0.309. The number of rotatable bonds is 8. The van der Waals surface area contributed by atoms with Crippen molar-refractivity contribution in [1.29, 1.82) is 5.26 Å². The Morgan fingerprint density at radius 3 is 2.31 bits per heavy atom. The fraction of sp³-hybridized carbons (Fsp3) is 0.143. The molecule has 0 aliphatic heterocycles. The average Bonchev–Trinajstić information content (AvgIpc) is 3.34. The lowest BCUT2D eigenvalue weighted by Crippen LogP contribution is -1.95. The summed E-state index contributed by atoms with van der Waals surface area (Å²) in [7, 11) is 0. The van der Waals surface area contributed by atoms with Crippen LogP contribution >= 0.6 is 11.3 Å². The van der Waals surface area contributed by atoms with Crippen molar-refractivity contribution >= 4 is 23.0 Å². The fourth-order valence-corrected chi connectivity index (χ4v) is 4.09. The van der Waals surface area contributed by atoms with Gasteiger partial charge in [0, 0.05) is 10.9 Å². The Bertz CT molecular complexity index is 1220. The molecule has 0 unspecified atom stereocenters. The summed E-state index contributed by atoms with van der Waals surface area (Å²) in [5, 5.41) is 12.4. The van der Waals surface area contributed by atoms with E-state index in [1.54, 1.807) is 0 Å². The van der Waals surface area contributed by atoms with E-state index in [2.05, 4.69) is 49.4 Å². The SMILES string of the molecule is CCCCOc1ccc(/C=C(/C#N)c2nc(-c3ccc(-c4ccccc4)cc3)cs2)cc1. The van der Waals surface area contributed by atoms with Crippen LogP contribution in [0.3, 0.4) is 0 Å². The van der Waals surface area contributed by atoms with Gasteiger partial charge >= 0.3 is 0 Å². The second-order valence-electron chi connectivity index (χ2n) is 7.42. The predicted octanol–water partition coefficient (Wildman–Crippen LogP) is 7.72. The van der Waals surface area contributed by atoms with Gasteiger partial charge in [-0.1, -0.05) is 80.1 Å². The molecule has 0 N–H and O–H groups in total. The molecule has 0 spiro atoms. The highest BCUT2D eigenvalue weighted by Gasteiger charge is 2.10. The molecular weight excluding hydrogens is 412 g/mol. The van der Waals surface area contributed by atoms with E-state index in [0.717, 1.165) is 47.0 Å². The zero-order chi connectivity index (χ0) is 22.2. The van der Waals surface area contributed by atoms with Crippen molar-refractivity contribution in [2.24, 2.45) is 0 Å². The van der Waals surface area contributed by atoms with Gasteiger partial charge in [0.05, 0.1) is 17.9 Å². The molecular formula is C28H24N2OS. The molecule has 0 saturated heterocycles. The number of unbranched alkanes of at least 4 members (excludes halogenated alkanes) is 1. The molecule has 0 bridgehead atoms. The van der Waals surface area contributed by atoms with E-state index < -0.39 is 0 Å². The summed E-state index contributed by atoms with van der Waals surface area (Å²) in [4.78, 5) is 4.72.